The van der Waals surface area contributed by atoms with Gasteiger partial charge < -0.3 is 14.5 Å². The second-order valence-corrected chi connectivity index (χ2v) is 10.9. The van der Waals surface area contributed by atoms with Crippen molar-refractivity contribution in [1.29, 1.82) is 0 Å². The average molecular weight is 529 g/mol. The first kappa shape index (κ1) is 24.2. The molecule has 3 aromatic rings. The highest BCUT2D eigenvalue weighted by atomic mass is 35.5. The Labute approximate surface area is 219 Å². The zero-order chi connectivity index (χ0) is 24.4. The number of halogens is 2. The van der Waals surface area contributed by atoms with E-state index in [1.807, 2.05) is 17.0 Å². The molecule has 1 aliphatic heterocycles. The van der Waals surface area contributed by atoms with Crippen molar-refractivity contribution in [3.63, 3.8) is 0 Å². The van der Waals surface area contributed by atoms with Crippen molar-refractivity contribution in [1.82, 2.24) is 9.80 Å². The molecule has 0 spiro atoms. The van der Waals surface area contributed by atoms with Crippen molar-refractivity contribution in [2.75, 3.05) is 26.2 Å². The lowest BCUT2D eigenvalue weighted by atomic mass is 10.0. The third-order valence-corrected chi connectivity index (χ3v) is 7.98. The molecule has 5 rings (SSSR count). The van der Waals surface area contributed by atoms with E-state index in [0.717, 1.165) is 24.8 Å². The summed E-state index contributed by atoms with van der Waals surface area (Å²) in [4.78, 5) is 31.8. The maximum Gasteiger partial charge on any atom is 0.254 e. The molecule has 1 aliphatic carbocycles. The van der Waals surface area contributed by atoms with Crippen molar-refractivity contribution >= 4 is 46.4 Å². The Morgan fingerprint density at radius 2 is 1.86 bits per heavy atom. The monoisotopic (exact) mass is 528 g/mol. The fraction of sp³-hybridized carbons (Fsp3) is 0.333. The molecule has 1 atom stereocenters. The molecule has 2 aliphatic rings. The van der Waals surface area contributed by atoms with Gasteiger partial charge in [-0.25, -0.2) is 0 Å². The van der Waals surface area contributed by atoms with E-state index < -0.39 is 0 Å². The second-order valence-electron chi connectivity index (χ2n) is 9.06. The van der Waals surface area contributed by atoms with Gasteiger partial charge in [-0.15, -0.1) is 11.3 Å². The molecule has 182 valence electrons. The van der Waals surface area contributed by atoms with E-state index >= 15 is 0 Å². The summed E-state index contributed by atoms with van der Waals surface area (Å²) >= 11 is 13.8. The summed E-state index contributed by atoms with van der Waals surface area (Å²) in [7, 11) is 0. The van der Waals surface area contributed by atoms with Gasteiger partial charge in [-0.1, -0.05) is 29.3 Å². The first-order valence-corrected chi connectivity index (χ1v) is 13.4. The Bertz CT molecular complexity index is 1210. The molecule has 0 radical (unpaired) electrons. The van der Waals surface area contributed by atoms with Crippen LogP contribution in [-0.4, -0.2) is 47.9 Å². The van der Waals surface area contributed by atoms with Crippen LogP contribution in [0.15, 0.2) is 60.0 Å². The average Bonchev–Trinajstić information content (AvgIpc) is 3.54. The van der Waals surface area contributed by atoms with Gasteiger partial charge >= 0.3 is 0 Å². The van der Waals surface area contributed by atoms with E-state index in [1.165, 1.54) is 4.88 Å². The molecule has 2 heterocycles. The number of ether oxygens (including phenoxy) is 1. The Morgan fingerprint density at radius 1 is 1.06 bits per heavy atom. The summed E-state index contributed by atoms with van der Waals surface area (Å²) in [5.74, 6) is 0.938. The highest BCUT2D eigenvalue weighted by Gasteiger charge is 2.35. The van der Waals surface area contributed by atoms with Gasteiger partial charge in [0.1, 0.15) is 18.9 Å². The smallest absolute Gasteiger partial charge is 0.254 e. The molecule has 0 bridgehead atoms. The summed E-state index contributed by atoms with van der Waals surface area (Å²) in [5.41, 5.74) is 1.63. The van der Waals surface area contributed by atoms with Crippen LogP contribution in [0, 0.1) is 5.92 Å². The lowest BCUT2D eigenvalue weighted by Gasteiger charge is -2.37. The Morgan fingerprint density at radius 3 is 2.60 bits per heavy atom. The van der Waals surface area contributed by atoms with Crippen molar-refractivity contribution < 1.29 is 14.3 Å². The number of fused-ring (bicyclic) bond motifs is 1. The van der Waals surface area contributed by atoms with E-state index in [2.05, 4.69) is 11.4 Å². The summed E-state index contributed by atoms with van der Waals surface area (Å²) < 4.78 is 6.07. The normalized spacial score (nSPS) is 17.1. The zero-order valence-corrected chi connectivity index (χ0v) is 21.5. The highest BCUT2D eigenvalue weighted by molar-refractivity contribution is 7.10. The van der Waals surface area contributed by atoms with Crippen LogP contribution in [0.2, 0.25) is 10.0 Å². The molecule has 1 saturated carbocycles. The lowest BCUT2D eigenvalue weighted by molar-refractivity contribution is -0.135. The van der Waals surface area contributed by atoms with E-state index in [-0.39, 0.29) is 24.4 Å². The van der Waals surface area contributed by atoms with Crippen LogP contribution < -0.4 is 4.74 Å². The van der Waals surface area contributed by atoms with Crippen LogP contribution in [-0.2, 0) is 11.2 Å². The Balaban J connectivity index is 1.34. The minimum Gasteiger partial charge on any atom is -0.491 e. The minimum atomic E-state index is -0.211. The van der Waals surface area contributed by atoms with Crippen LogP contribution in [0.25, 0.3) is 0 Å². The molecule has 2 amide bonds. The number of nitrogens with zero attached hydrogens (tertiary/aromatic N) is 2. The van der Waals surface area contributed by atoms with E-state index in [4.69, 9.17) is 27.9 Å². The molecule has 0 saturated heterocycles. The predicted octanol–water partition coefficient (Wildman–Crippen LogP) is 6.11. The minimum absolute atomic E-state index is 0.0404. The number of benzene rings is 2. The number of amides is 2. The molecular weight excluding hydrogens is 503 g/mol. The number of hydrogen-bond acceptors (Lipinski definition) is 4. The number of carbonyl (C=O) groups excluding carboxylic acids is 2. The quantitative estimate of drug-likeness (QED) is 0.354. The summed E-state index contributed by atoms with van der Waals surface area (Å²) in [5, 5.41) is 3.22. The molecule has 0 N–H and O–H groups in total. The molecule has 35 heavy (non-hydrogen) atoms. The van der Waals surface area contributed by atoms with Gasteiger partial charge in [0.25, 0.3) is 5.91 Å². The van der Waals surface area contributed by atoms with E-state index in [0.29, 0.717) is 47.0 Å². The van der Waals surface area contributed by atoms with Crippen LogP contribution in [0.3, 0.4) is 0 Å². The van der Waals surface area contributed by atoms with Crippen molar-refractivity contribution in [3.8, 4) is 5.75 Å². The second kappa shape index (κ2) is 10.6. The van der Waals surface area contributed by atoms with Gasteiger partial charge in [0, 0.05) is 33.6 Å². The first-order chi connectivity index (χ1) is 17.0. The zero-order valence-electron chi connectivity index (χ0n) is 19.2. The summed E-state index contributed by atoms with van der Waals surface area (Å²) in [6, 6.07) is 16.0. The summed E-state index contributed by atoms with van der Waals surface area (Å²) in [6.45, 7) is 1.56. The van der Waals surface area contributed by atoms with Gasteiger partial charge in [-0.05, 0) is 84.7 Å². The maximum absolute atomic E-state index is 13.6. The third-order valence-electron chi connectivity index (χ3n) is 6.50. The van der Waals surface area contributed by atoms with Gasteiger partial charge in [0.15, 0.2) is 0 Å². The molecule has 1 unspecified atom stereocenters. The van der Waals surface area contributed by atoms with Crippen molar-refractivity contribution in [2.24, 2.45) is 5.92 Å². The number of hydrogen-bond donors (Lipinski definition) is 0. The van der Waals surface area contributed by atoms with Crippen molar-refractivity contribution in [2.45, 2.75) is 25.3 Å². The Kier molecular flexibility index (Phi) is 7.32. The van der Waals surface area contributed by atoms with E-state index in [9.17, 15) is 9.59 Å². The fourth-order valence-corrected chi connectivity index (χ4v) is 5.71. The number of thiophene rings is 1. The van der Waals surface area contributed by atoms with Crippen LogP contribution in [0.1, 0.15) is 39.7 Å². The lowest BCUT2D eigenvalue weighted by Crippen LogP contribution is -2.48. The highest BCUT2D eigenvalue weighted by Crippen LogP contribution is 2.35. The molecular formula is C27H26Cl2N2O3S. The van der Waals surface area contributed by atoms with Crippen LogP contribution in [0.5, 0.6) is 5.75 Å². The van der Waals surface area contributed by atoms with E-state index in [1.54, 1.807) is 52.6 Å². The molecule has 1 aromatic heterocycles. The molecule has 1 fully saturated rings. The number of carbonyl (C=O) groups is 2. The SMILES string of the molecule is O=C(c1cccc(Cl)c1)N(CC(=O)N1CCc2sccc2C1COc1ccc(Cl)cc1)CC1CC1. The van der Waals surface area contributed by atoms with Gasteiger partial charge in [0.05, 0.1) is 6.04 Å². The molecule has 8 heteroatoms. The van der Waals surface area contributed by atoms with Gasteiger partial charge in [-0.3, -0.25) is 9.59 Å². The topological polar surface area (TPSA) is 49.9 Å². The summed E-state index contributed by atoms with van der Waals surface area (Å²) in [6.07, 6.45) is 2.99. The molecule has 5 nitrogen and oxygen atoms in total. The van der Waals surface area contributed by atoms with Gasteiger partial charge in [-0.2, -0.15) is 0 Å². The largest absolute Gasteiger partial charge is 0.491 e. The predicted molar refractivity (Wildman–Crippen MR) is 140 cm³/mol. The first-order valence-electron chi connectivity index (χ1n) is 11.8. The Hall–Kier alpha value is -2.54. The maximum atomic E-state index is 13.6. The fourth-order valence-electron chi connectivity index (χ4n) is 4.47. The van der Waals surface area contributed by atoms with Crippen LogP contribution in [0.4, 0.5) is 0 Å². The third kappa shape index (κ3) is 5.83. The van der Waals surface area contributed by atoms with Gasteiger partial charge in [0.2, 0.25) is 5.91 Å². The molecule has 2 aromatic carbocycles. The van der Waals surface area contributed by atoms with Crippen LogP contribution >= 0.6 is 34.5 Å². The number of rotatable bonds is 8. The standard InChI is InChI=1S/C27H26Cl2N2O3S/c28-20-6-8-22(9-7-20)34-17-24-23-11-13-35-25(23)10-12-31(24)26(32)16-30(15-18-4-5-18)27(33)19-2-1-3-21(29)14-19/h1-3,6-9,11,13-14,18,24H,4-5,10,12,15-17H2. The van der Waals surface area contributed by atoms with Crippen molar-refractivity contribution in [3.05, 3.63) is 86.0 Å².